The summed E-state index contributed by atoms with van der Waals surface area (Å²) in [6, 6.07) is 13.0. The standard InChI is InChI=1S/C19H13ClO3/c1-2-11-7-19(21)23-18-9-17-15(8-14(11)18)16(10-22-17)12-3-5-13(20)6-4-12/h3-10H,2H2,1H3. The van der Waals surface area contributed by atoms with Crippen LogP contribution in [0.15, 0.2) is 62.4 Å². The number of furan rings is 1. The Bertz CT molecular complexity index is 1070. The molecule has 4 heteroatoms. The van der Waals surface area contributed by atoms with Gasteiger partial charge in [0.05, 0.1) is 6.26 Å². The zero-order chi connectivity index (χ0) is 16.0. The van der Waals surface area contributed by atoms with Gasteiger partial charge in [0, 0.05) is 33.5 Å². The van der Waals surface area contributed by atoms with Crippen LogP contribution in [0, 0.1) is 0 Å². The van der Waals surface area contributed by atoms with E-state index >= 15 is 0 Å². The molecule has 3 nitrogen and oxygen atoms in total. The zero-order valence-corrected chi connectivity index (χ0v) is 13.2. The number of aryl methyl sites for hydroxylation is 1. The lowest BCUT2D eigenvalue weighted by atomic mass is 10.0. The first-order valence-corrected chi connectivity index (χ1v) is 7.77. The average molecular weight is 325 g/mol. The van der Waals surface area contributed by atoms with Crippen LogP contribution in [0.3, 0.4) is 0 Å². The van der Waals surface area contributed by atoms with Crippen LogP contribution in [0.1, 0.15) is 12.5 Å². The van der Waals surface area contributed by atoms with Crippen LogP contribution in [-0.2, 0) is 6.42 Å². The monoisotopic (exact) mass is 324 g/mol. The van der Waals surface area contributed by atoms with E-state index in [0.717, 1.165) is 33.9 Å². The normalized spacial score (nSPS) is 11.4. The summed E-state index contributed by atoms with van der Waals surface area (Å²) in [7, 11) is 0. The summed E-state index contributed by atoms with van der Waals surface area (Å²) in [5, 5.41) is 2.63. The molecule has 2 aromatic carbocycles. The molecule has 0 fully saturated rings. The van der Waals surface area contributed by atoms with Crippen molar-refractivity contribution in [1.82, 2.24) is 0 Å². The number of rotatable bonds is 2. The molecular formula is C19H13ClO3. The Morgan fingerprint density at radius 3 is 2.52 bits per heavy atom. The number of hydrogen-bond donors (Lipinski definition) is 0. The van der Waals surface area contributed by atoms with Gasteiger partial charge in [-0.3, -0.25) is 0 Å². The second kappa shape index (κ2) is 5.28. The predicted octanol–water partition coefficient (Wildman–Crippen LogP) is 5.42. The van der Waals surface area contributed by atoms with Crippen LogP contribution >= 0.6 is 11.6 Å². The lowest BCUT2D eigenvalue weighted by Gasteiger charge is -2.04. The molecule has 0 amide bonds. The SMILES string of the molecule is CCc1cc(=O)oc2cc3occ(-c4ccc(Cl)cc4)c3cc12. The van der Waals surface area contributed by atoms with Gasteiger partial charge in [-0.2, -0.15) is 0 Å². The summed E-state index contributed by atoms with van der Waals surface area (Å²) < 4.78 is 11.0. The minimum atomic E-state index is -0.335. The van der Waals surface area contributed by atoms with E-state index in [9.17, 15) is 4.79 Å². The van der Waals surface area contributed by atoms with Gasteiger partial charge in [-0.25, -0.2) is 4.79 Å². The van der Waals surface area contributed by atoms with Crippen molar-refractivity contribution >= 4 is 33.5 Å². The molecule has 0 radical (unpaired) electrons. The van der Waals surface area contributed by atoms with Crippen molar-refractivity contribution in [2.24, 2.45) is 0 Å². The van der Waals surface area contributed by atoms with E-state index in [-0.39, 0.29) is 5.63 Å². The van der Waals surface area contributed by atoms with Crippen molar-refractivity contribution in [3.8, 4) is 11.1 Å². The van der Waals surface area contributed by atoms with Gasteiger partial charge in [0.25, 0.3) is 0 Å². The Balaban J connectivity index is 2.03. The minimum Gasteiger partial charge on any atom is -0.464 e. The molecule has 0 atom stereocenters. The van der Waals surface area contributed by atoms with Gasteiger partial charge in [0.15, 0.2) is 0 Å². The fourth-order valence-electron chi connectivity index (χ4n) is 2.89. The number of halogens is 1. The topological polar surface area (TPSA) is 43.4 Å². The van der Waals surface area contributed by atoms with Crippen LogP contribution in [0.25, 0.3) is 33.1 Å². The molecule has 0 saturated heterocycles. The maximum Gasteiger partial charge on any atom is 0.336 e. The molecule has 0 bridgehead atoms. The molecule has 0 aliphatic rings. The van der Waals surface area contributed by atoms with Crippen molar-refractivity contribution in [3.05, 3.63) is 69.7 Å². The Labute approximate surface area is 137 Å². The van der Waals surface area contributed by atoms with E-state index in [1.165, 1.54) is 0 Å². The highest BCUT2D eigenvalue weighted by Crippen LogP contribution is 2.34. The highest BCUT2D eigenvalue weighted by Gasteiger charge is 2.12. The summed E-state index contributed by atoms with van der Waals surface area (Å²) in [5.74, 6) is 0. The van der Waals surface area contributed by atoms with E-state index in [1.807, 2.05) is 37.3 Å². The number of hydrogen-bond acceptors (Lipinski definition) is 3. The van der Waals surface area contributed by atoms with Gasteiger partial charge in [-0.05, 0) is 35.7 Å². The number of benzene rings is 2. The summed E-state index contributed by atoms with van der Waals surface area (Å²) in [6.45, 7) is 2.02. The van der Waals surface area contributed by atoms with Crippen LogP contribution < -0.4 is 5.63 Å². The molecule has 0 aliphatic carbocycles. The van der Waals surface area contributed by atoms with Gasteiger partial charge in [-0.15, -0.1) is 0 Å². The fourth-order valence-corrected chi connectivity index (χ4v) is 3.02. The largest absolute Gasteiger partial charge is 0.464 e. The Hall–Kier alpha value is -2.52. The minimum absolute atomic E-state index is 0.335. The smallest absolute Gasteiger partial charge is 0.336 e. The van der Waals surface area contributed by atoms with Crippen molar-refractivity contribution in [2.45, 2.75) is 13.3 Å². The highest BCUT2D eigenvalue weighted by atomic mass is 35.5. The third-order valence-corrected chi connectivity index (χ3v) is 4.31. The second-order valence-corrected chi connectivity index (χ2v) is 5.88. The molecule has 0 saturated carbocycles. The molecule has 2 aromatic heterocycles. The van der Waals surface area contributed by atoms with Crippen LogP contribution in [-0.4, -0.2) is 0 Å². The molecule has 2 heterocycles. The summed E-state index contributed by atoms with van der Waals surface area (Å²) in [4.78, 5) is 11.6. The summed E-state index contributed by atoms with van der Waals surface area (Å²) in [5.41, 5.74) is 3.91. The van der Waals surface area contributed by atoms with E-state index < -0.39 is 0 Å². The molecule has 23 heavy (non-hydrogen) atoms. The molecular weight excluding hydrogens is 312 g/mol. The van der Waals surface area contributed by atoms with E-state index in [4.69, 9.17) is 20.4 Å². The number of fused-ring (bicyclic) bond motifs is 2. The first kappa shape index (κ1) is 14.1. The Kier molecular flexibility index (Phi) is 3.24. The lowest BCUT2D eigenvalue weighted by Crippen LogP contribution is -1.99. The first-order valence-electron chi connectivity index (χ1n) is 7.39. The van der Waals surface area contributed by atoms with Gasteiger partial charge < -0.3 is 8.83 Å². The fraction of sp³-hybridized carbons (Fsp3) is 0.105. The quantitative estimate of drug-likeness (QED) is 0.462. The third-order valence-electron chi connectivity index (χ3n) is 4.06. The molecule has 0 aliphatic heterocycles. The summed E-state index contributed by atoms with van der Waals surface area (Å²) in [6.07, 6.45) is 2.48. The average Bonchev–Trinajstić information content (AvgIpc) is 2.95. The van der Waals surface area contributed by atoms with Crippen molar-refractivity contribution < 1.29 is 8.83 Å². The molecule has 0 unspecified atom stereocenters. The van der Waals surface area contributed by atoms with Crippen LogP contribution in [0.5, 0.6) is 0 Å². The lowest BCUT2D eigenvalue weighted by molar-refractivity contribution is 0.557. The van der Waals surface area contributed by atoms with Crippen molar-refractivity contribution in [2.75, 3.05) is 0 Å². The Morgan fingerprint density at radius 1 is 1.00 bits per heavy atom. The first-order chi connectivity index (χ1) is 11.2. The van der Waals surface area contributed by atoms with Gasteiger partial charge in [-0.1, -0.05) is 30.7 Å². The highest BCUT2D eigenvalue weighted by molar-refractivity contribution is 6.30. The van der Waals surface area contributed by atoms with Crippen LogP contribution in [0.2, 0.25) is 5.02 Å². The predicted molar refractivity (Wildman–Crippen MR) is 92.1 cm³/mol. The molecule has 0 spiro atoms. The van der Waals surface area contributed by atoms with Gasteiger partial charge in [0.2, 0.25) is 0 Å². The molecule has 4 rings (SSSR count). The van der Waals surface area contributed by atoms with E-state index in [0.29, 0.717) is 16.2 Å². The molecule has 114 valence electrons. The van der Waals surface area contributed by atoms with Gasteiger partial charge >= 0.3 is 5.63 Å². The van der Waals surface area contributed by atoms with Crippen LogP contribution in [0.4, 0.5) is 0 Å². The van der Waals surface area contributed by atoms with Gasteiger partial charge in [0.1, 0.15) is 11.2 Å². The van der Waals surface area contributed by atoms with E-state index in [1.54, 1.807) is 18.4 Å². The second-order valence-electron chi connectivity index (χ2n) is 5.45. The molecule has 0 N–H and O–H groups in total. The maximum absolute atomic E-state index is 11.6. The van der Waals surface area contributed by atoms with E-state index in [2.05, 4.69) is 0 Å². The Morgan fingerprint density at radius 2 is 1.78 bits per heavy atom. The molecule has 4 aromatic rings. The van der Waals surface area contributed by atoms with Crippen molar-refractivity contribution in [3.63, 3.8) is 0 Å². The third kappa shape index (κ3) is 2.34. The van der Waals surface area contributed by atoms with Crippen molar-refractivity contribution in [1.29, 1.82) is 0 Å². The summed E-state index contributed by atoms with van der Waals surface area (Å²) >= 11 is 5.96. The maximum atomic E-state index is 11.6. The zero-order valence-electron chi connectivity index (χ0n) is 12.4.